The van der Waals surface area contributed by atoms with Crippen molar-refractivity contribution in [2.24, 2.45) is 5.73 Å². The van der Waals surface area contributed by atoms with Crippen LogP contribution < -0.4 is 5.73 Å². The van der Waals surface area contributed by atoms with Crippen molar-refractivity contribution in [1.29, 1.82) is 0 Å². The Morgan fingerprint density at radius 1 is 1.62 bits per heavy atom. The van der Waals surface area contributed by atoms with Crippen molar-refractivity contribution in [2.75, 3.05) is 7.11 Å². The molecule has 0 radical (unpaired) electrons. The smallest absolute Gasteiger partial charge is 0.249 e. The van der Waals surface area contributed by atoms with E-state index >= 15 is 0 Å². The highest BCUT2D eigenvalue weighted by atomic mass is 35.5. The molecule has 0 aliphatic carbocycles. The van der Waals surface area contributed by atoms with E-state index in [4.69, 9.17) is 22.1 Å². The molecule has 1 amide bonds. The molecule has 0 aromatic heterocycles. The van der Waals surface area contributed by atoms with Gasteiger partial charge in [-0.2, -0.15) is 0 Å². The molecule has 0 aliphatic rings. The third kappa shape index (κ3) is 2.44. The lowest BCUT2D eigenvalue weighted by molar-refractivity contribution is 0.0995. The molecular formula is C9H10ClNO2. The highest BCUT2D eigenvalue weighted by Crippen LogP contribution is 2.16. The minimum atomic E-state index is -0.491. The molecule has 0 spiro atoms. The number of hydrogen-bond donors (Lipinski definition) is 1. The normalized spacial score (nSPS) is 10.0. The van der Waals surface area contributed by atoms with Gasteiger partial charge in [0.05, 0.1) is 6.61 Å². The molecule has 1 aromatic rings. The molecular weight excluding hydrogens is 190 g/mol. The van der Waals surface area contributed by atoms with Gasteiger partial charge in [0, 0.05) is 17.7 Å². The van der Waals surface area contributed by atoms with Gasteiger partial charge < -0.3 is 10.5 Å². The molecule has 2 N–H and O–H groups in total. The Morgan fingerprint density at radius 2 is 2.31 bits per heavy atom. The van der Waals surface area contributed by atoms with Gasteiger partial charge in [-0.1, -0.05) is 17.7 Å². The number of amides is 1. The predicted octanol–water partition coefficient (Wildman–Crippen LogP) is 1.59. The van der Waals surface area contributed by atoms with Crippen molar-refractivity contribution in [3.63, 3.8) is 0 Å². The van der Waals surface area contributed by atoms with Crippen LogP contribution >= 0.6 is 11.6 Å². The van der Waals surface area contributed by atoms with Gasteiger partial charge in [-0.25, -0.2) is 0 Å². The van der Waals surface area contributed by atoms with Gasteiger partial charge in [0.1, 0.15) is 0 Å². The molecule has 0 fully saturated rings. The lowest BCUT2D eigenvalue weighted by atomic mass is 10.1. The average molecular weight is 200 g/mol. The SMILES string of the molecule is COCc1ccc(Cl)cc1C(N)=O. The monoisotopic (exact) mass is 199 g/mol. The van der Waals surface area contributed by atoms with E-state index in [9.17, 15) is 4.79 Å². The van der Waals surface area contributed by atoms with Crippen molar-refractivity contribution in [2.45, 2.75) is 6.61 Å². The van der Waals surface area contributed by atoms with Crippen LogP contribution in [0.15, 0.2) is 18.2 Å². The van der Waals surface area contributed by atoms with E-state index in [0.717, 1.165) is 5.56 Å². The highest BCUT2D eigenvalue weighted by molar-refractivity contribution is 6.31. The summed E-state index contributed by atoms with van der Waals surface area (Å²) in [4.78, 5) is 11.0. The summed E-state index contributed by atoms with van der Waals surface area (Å²) in [5.41, 5.74) is 6.32. The molecule has 1 rings (SSSR count). The first-order chi connectivity index (χ1) is 6.15. The van der Waals surface area contributed by atoms with Gasteiger partial charge >= 0.3 is 0 Å². The van der Waals surface area contributed by atoms with Crippen molar-refractivity contribution in [3.8, 4) is 0 Å². The molecule has 4 heteroatoms. The van der Waals surface area contributed by atoms with Gasteiger partial charge in [-0.15, -0.1) is 0 Å². The molecule has 0 atom stereocenters. The summed E-state index contributed by atoms with van der Waals surface area (Å²) in [5.74, 6) is -0.491. The van der Waals surface area contributed by atoms with Crippen LogP contribution in [0, 0.1) is 0 Å². The first-order valence-electron chi connectivity index (χ1n) is 3.72. The van der Waals surface area contributed by atoms with Crippen LogP contribution in [0.4, 0.5) is 0 Å². The zero-order valence-corrected chi connectivity index (χ0v) is 7.97. The van der Waals surface area contributed by atoms with Crippen molar-refractivity contribution < 1.29 is 9.53 Å². The standard InChI is InChI=1S/C9H10ClNO2/c1-13-5-6-2-3-7(10)4-8(6)9(11)12/h2-4H,5H2,1H3,(H2,11,12). The molecule has 0 saturated carbocycles. The van der Waals surface area contributed by atoms with E-state index in [1.165, 1.54) is 6.07 Å². The maximum atomic E-state index is 11.0. The van der Waals surface area contributed by atoms with E-state index in [-0.39, 0.29) is 0 Å². The maximum absolute atomic E-state index is 11.0. The molecule has 0 saturated heterocycles. The number of rotatable bonds is 3. The second-order valence-corrected chi connectivity index (χ2v) is 3.04. The molecule has 0 heterocycles. The van der Waals surface area contributed by atoms with Crippen molar-refractivity contribution in [3.05, 3.63) is 34.3 Å². The van der Waals surface area contributed by atoms with Gasteiger partial charge in [-0.3, -0.25) is 4.79 Å². The number of carbonyl (C=O) groups excluding carboxylic acids is 1. The van der Waals surface area contributed by atoms with E-state index < -0.39 is 5.91 Å². The first kappa shape index (κ1) is 10.0. The second-order valence-electron chi connectivity index (χ2n) is 2.60. The molecule has 3 nitrogen and oxygen atoms in total. The zero-order chi connectivity index (χ0) is 9.84. The summed E-state index contributed by atoms with van der Waals surface area (Å²) >= 11 is 5.71. The summed E-state index contributed by atoms with van der Waals surface area (Å²) in [6, 6.07) is 4.96. The number of nitrogens with two attached hydrogens (primary N) is 1. The highest BCUT2D eigenvalue weighted by Gasteiger charge is 2.07. The minimum absolute atomic E-state index is 0.357. The Hall–Kier alpha value is -1.06. The van der Waals surface area contributed by atoms with Crippen molar-refractivity contribution in [1.82, 2.24) is 0 Å². The van der Waals surface area contributed by atoms with Crippen LogP contribution in [0.3, 0.4) is 0 Å². The van der Waals surface area contributed by atoms with Gasteiger partial charge in [0.15, 0.2) is 0 Å². The predicted molar refractivity (Wildman–Crippen MR) is 50.7 cm³/mol. The number of benzene rings is 1. The van der Waals surface area contributed by atoms with Gasteiger partial charge in [0.25, 0.3) is 0 Å². The summed E-state index contributed by atoms with van der Waals surface area (Å²) in [7, 11) is 1.55. The molecule has 70 valence electrons. The number of primary amides is 1. The van der Waals surface area contributed by atoms with E-state index in [0.29, 0.717) is 17.2 Å². The molecule has 0 unspecified atom stereocenters. The summed E-state index contributed by atoms with van der Waals surface area (Å²) < 4.78 is 4.91. The summed E-state index contributed by atoms with van der Waals surface area (Å²) in [5, 5.41) is 0.494. The van der Waals surface area contributed by atoms with Gasteiger partial charge in [-0.05, 0) is 17.7 Å². The van der Waals surface area contributed by atoms with Crippen LogP contribution in [0.25, 0.3) is 0 Å². The van der Waals surface area contributed by atoms with Crippen molar-refractivity contribution >= 4 is 17.5 Å². The Balaban J connectivity index is 3.10. The van der Waals surface area contributed by atoms with Crippen LogP contribution in [-0.4, -0.2) is 13.0 Å². The molecule has 0 aliphatic heterocycles. The fraction of sp³-hybridized carbons (Fsp3) is 0.222. The number of carbonyl (C=O) groups is 1. The van der Waals surface area contributed by atoms with E-state index in [1.807, 2.05) is 0 Å². The maximum Gasteiger partial charge on any atom is 0.249 e. The molecule has 13 heavy (non-hydrogen) atoms. The van der Waals surface area contributed by atoms with Crippen LogP contribution in [0.1, 0.15) is 15.9 Å². The topological polar surface area (TPSA) is 52.3 Å². The molecule has 1 aromatic carbocycles. The lowest BCUT2D eigenvalue weighted by Crippen LogP contribution is -2.14. The Labute approximate surface area is 81.4 Å². The Kier molecular flexibility index (Phi) is 3.28. The number of methoxy groups -OCH3 is 1. The second kappa shape index (κ2) is 4.25. The summed E-state index contributed by atoms with van der Waals surface area (Å²) in [6.45, 7) is 0.357. The van der Waals surface area contributed by atoms with Crippen LogP contribution in [0.2, 0.25) is 5.02 Å². The zero-order valence-electron chi connectivity index (χ0n) is 7.21. The Morgan fingerprint density at radius 3 is 2.85 bits per heavy atom. The number of ether oxygens (including phenoxy) is 1. The quantitative estimate of drug-likeness (QED) is 0.804. The van der Waals surface area contributed by atoms with Crippen LogP contribution in [-0.2, 0) is 11.3 Å². The fourth-order valence-electron chi connectivity index (χ4n) is 1.06. The third-order valence-corrected chi connectivity index (χ3v) is 1.87. The largest absolute Gasteiger partial charge is 0.380 e. The van der Waals surface area contributed by atoms with Gasteiger partial charge in [0.2, 0.25) is 5.91 Å². The lowest BCUT2D eigenvalue weighted by Gasteiger charge is -2.05. The summed E-state index contributed by atoms with van der Waals surface area (Å²) in [6.07, 6.45) is 0. The third-order valence-electron chi connectivity index (χ3n) is 1.64. The number of hydrogen-bond acceptors (Lipinski definition) is 2. The average Bonchev–Trinajstić information content (AvgIpc) is 2.08. The van der Waals surface area contributed by atoms with Crippen LogP contribution in [0.5, 0.6) is 0 Å². The Bertz CT molecular complexity index is 325. The van der Waals surface area contributed by atoms with E-state index in [2.05, 4.69) is 0 Å². The molecule has 0 bridgehead atoms. The minimum Gasteiger partial charge on any atom is -0.380 e. The first-order valence-corrected chi connectivity index (χ1v) is 4.10. The number of halogens is 1. The van der Waals surface area contributed by atoms with E-state index in [1.54, 1.807) is 19.2 Å². The fourth-order valence-corrected chi connectivity index (χ4v) is 1.23.